The van der Waals surface area contributed by atoms with Crippen molar-refractivity contribution in [1.82, 2.24) is 0 Å². The third kappa shape index (κ3) is 3.66. The van der Waals surface area contributed by atoms with Gasteiger partial charge in [-0.05, 0) is 11.6 Å². The van der Waals surface area contributed by atoms with E-state index in [0.717, 1.165) is 5.56 Å². The van der Waals surface area contributed by atoms with Crippen LogP contribution in [0.4, 0.5) is 5.69 Å². The lowest BCUT2D eigenvalue weighted by atomic mass is 10.0. The maximum absolute atomic E-state index is 12.0. The van der Waals surface area contributed by atoms with E-state index in [1.165, 1.54) is 0 Å². The van der Waals surface area contributed by atoms with E-state index in [1.807, 2.05) is 42.5 Å². The molecule has 0 saturated carbocycles. The Hall–Kier alpha value is -2.17. The minimum Gasteiger partial charge on any atom is -0.392 e. The standard InChI is InChI=1S/C16H18N2O2/c17-14(12-6-2-1-3-7-12)10-16(20)18-15-9-5-4-8-13(15)11-19/h1-9,14,19H,10-11,17H2,(H,18,20). The average Bonchev–Trinajstić information content (AvgIpc) is 2.48. The summed E-state index contributed by atoms with van der Waals surface area (Å²) in [4.78, 5) is 12.0. The summed E-state index contributed by atoms with van der Waals surface area (Å²) in [5.74, 6) is -0.165. The minimum atomic E-state index is -0.336. The Morgan fingerprint density at radius 1 is 1.10 bits per heavy atom. The van der Waals surface area contributed by atoms with Crippen LogP contribution in [0.25, 0.3) is 0 Å². The molecule has 0 bridgehead atoms. The number of carbonyl (C=O) groups is 1. The number of para-hydroxylation sites is 1. The minimum absolute atomic E-state index is 0.110. The van der Waals surface area contributed by atoms with Gasteiger partial charge in [-0.25, -0.2) is 0 Å². The fourth-order valence-electron chi connectivity index (χ4n) is 2.00. The van der Waals surface area contributed by atoms with Gasteiger partial charge in [0.25, 0.3) is 0 Å². The summed E-state index contributed by atoms with van der Waals surface area (Å²) in [5, 5.41) is 12.0. The number of aliphatic hydroxyl groups excluding tert-OH is 1. The van der Waals surface area contributed by atoms with E-state index in [4.69, 9.17) is 5.73 Å². The third-order valence-corrected chi connectivity index (χ3v) is 3.09. The number of aliphatic hydroxyl groups is 1. The van der Waals surface area contributed by atoms with Crippen molar-refractivity contribution < 1.29 is 9.90 Å². The Balaban J connectivity index is 1.99. The molecule has 2 aromatic carbocycles. The molecule has 0 aliphatic carbocycles. The maximum atomic E-state index is 12.0. The van der Waals surface area contributed by atoms with E-state index in [1.54, 1.807) is 12.1 Å². The smallest absolute Gasteiger partial charge is 0.226 e. The number of anilines is 1. The first kappa shape index (κ1) is 14.2. The lowest BCUT2D eigenvalue weighted by Gasteiger charge is -2.13. The Morgan fingerprint density at radius 3 is 2.45 bits per heavy atom. The van der Waals surface area contributed by atoms with Crippen molar-refractivity contribution in [2.45, 2.75) is 19.1 Å². The molecule has 1 atom stereocenters. The van der Waals surface area contributed by atoms with Crippen LogP contribution in [0.2, 0.25) is 0 Å². The zero-order chi connectivity index (χ0) is 14.4. The normalized spacial score (nSPS) is 11.9. The molecular formula is C16H18N2O2. The van der Waals surface area contributed by atoms with Crippen LogP contribution < -0.4 is 11.1 Å². The lowest BCUT2D eigenvalue weighted by Crippen LogP contribution is -2.21. The SMILES string of the molecule is NC(CC(=O)Nc1ccccc1CO)c1ccccc1. The monoisotopic (exact) mass is 270 g/mol. The van der Waals surface area contributed by atoms with Gasteiger partial charge in [0.2, 0.25) is 5.91 Å². The number of nitrogens with one attached hydrogen (secondary N) is 1. The second-order valence-electron chi connectivity index (χ2n) is 4.58. The molecule has 0 fully saturated rings. The molecule has 2 rings (SSSR count). The van der Waals surface area contributed by atoms with Gasteiger partial charge in [-0.2, -0.15) is 0 Å². The summed E-state index contributed by atoms with van der Waals surface area (Å²) in [5.41, 5.74) is 8.25. The van der Waals surface area contributed by atoms with Crippen LogP contribution in [0.1, 0.15) is 23.6 Å². The summed E-state index contributed by atoms with van der Waals surface area (Å²) < 4.78 is 0. The van der Waals surface area contributed by atoms with Crippen molar-refractivity contribution >= 4 is 11.6 Å². The highest BCUT2D eigenvalue weighted by molar-refractivity contribution is 5.91. The highest BCUT2D eigenvalue weighted by atomic mass is 16.3. The molecule has 1 unspecified atom stereocenters. The van der Waals surface area contributed by atoms with Crippen molar-refractivity contribution in [2.75, 3.05) is 5.32 Å². The van der Waals surface area contributed by atoms with Crippen LogP contribution in [0.5, 0.6) is 0 Å². The molecule has 4 heteroatoms. The molecular weight excluding hydrogens is 252 g/mol. The van der Waals surface area contributed by atoms with Crippen LogP contribution in [0.3, 0.4) is 0 Å². The summed E-state index contributed by atoms with van der Waals surface area (Å²) in [6.45, 7) is -0.110. The van der Waals surface area contributed by atoms with Gasteiger partial charge in [-0.3, -0.25) is 4.79 Å². The van der Waals surface area contributed by atoms with Crippen molar-refractivity contribution in [3.8, 4) is 0 Å². The molecule has 1 amide bonds. The van der Waals surface area contributed by atoms with Gasteiger partial charge in [0, 0.05) is 23.7 Å². The van der Waals surface area contributed by atoms with Crippen molar-refractivity contribution in [1.29, 1.82) is 0 Å². The van der Waals surface area contributed by atoms with Gasteiger partial charge >= 0.3 is 0 Å². The Bertz CT molecular complexity index is 570. The van der Waals surface area contributed by atoms with Crippen LogP contribution in [-0.4, -0.2) is 11.0 Å². The zero-order valence-corrected chi connectivity index (χ0v) is 11.1. The van der Waals surface area contributed by atoms with E-state index in [0.29, 0.717) is 11.3 Å². The zero-order valence-electron chi connectivity index (χ0n) is 11.1. The van der Waals surface area contributed by atoms with Gasteiger partial charge in [0.15, 0.2) is 0 Å². The molecule has 20 heavy (non-hydrogen) atoms. The van der Waals surface area contributed by atoms with Gasteiger partial charge in [-0.1, -0.05) is 48.5 Å². The predicted molar refractivity (Wildman–Crippen MR) is 79.0 cm³/mol. The Morgan fingerprint density at radius 2 is 1.75 bits per heavy atom. The van der Waals surface area contributed by atoms with E-state index in [2.05, 4.69) is 5.32 Å². The molecule has 0 spiro atoms. The second-order valence-corrected chi connectivity index (χ2v) is 4.58. The summed E-state index contributed by atoms with van der Waals surface area (Å²) in [6, 6.07) is 16.3. The van der Waals surface area contributed by atoms with E-state index < -0.39 is 0 Å². The topological polar surface area (TPSA) is 75.4 Å². The Kier molecular flexibility index (Phi) is 4.87. The molecule has 0 radical (unpaired) electrons. The van der Waals surface area contributed by atoms with Gasteiger partial charge in [0.1, 0.15) is 0 Å². The van der Waals surface area contributed by atoms with Crippen molar-refractivity contribution in [2.24, 2.45) is 5.73 Å². The number of carbonyl (C=O) groups excluding carboxylic acids is 1. The van der Waals surface area contributed by atoms with Gasteiger partial charge < -0.3 is 16.2 Å². The maximum Gasteiger partial charge on any atom is 0.226 e. The van der Waals surface area contributed by atoms with Crippen LogP contribution in [0, 0.1) is 0 Å². The quantitative estimate of drug-likeness (QED) is 0.779. The summed E-state index contributed by atoms with van der Waals surface area (Å²) in [7, 11) is 0. The van der Waals surface area contributed by atoms with E-state index >= 15 is 0 Å². The van der Waals surface area contributed by atoms with Gasteiger partial charge in [0.05, 0.1) is 6.61 Å². The average molecular weight is 270 g/mol. The highest BCUT2D eigenvalue weighted by Crippen LogP contribution is 2.18. The lowest BCUT2D eigenvalue weighted by molar-refractivity contribution is -0.116. The van der Waals surface area contributed by atoms with Crippen LogP contribution in [0.15, 0.2) is 54.6 Å². The Labute approximate surface area is 118 Å². The number of hydrogen-bond donors (Lipinski definition) is 3. The molecule has 4 nitrogen and oxygen atoms in total. The third-order valence-electron chi connectivity index (χ3n) is 3.09. The van der Waals surface area contributed by atoms with Crippen molar-refractivity contribution in [3.63, 3.8) is 0 Å². The predicted octanol–water partition coefficient (Wildman–Crippen LogP) is 2.21. The number of rotatable bonds is 5. The summed E-state index contributed by atoms with van der Waals surface area (Å²) in [6.07, 6.45) is 0.198. The number of nitrogens with two attached hydrogens (primary N) is 1. The fourth-order valence-corrected chi connectivity index (χ4v) is 2.00. The molecule has 2 aromatic rings. The molecule has 0 aromatic heterocycles. The van der Waals surface area contributed by atoms with E-state index in [-0.39, 0.29) is 25.0 Å². The largest absolute Gasteiger partial charge is 0.392 e. The molecule has 0 aliphatic heterocycles. The highest BCUT2D eigenvalue weighted by Gasteiger charge is 2.12. The second kappa shape index (κ2) is 6.84. The molecule has 0 aliphatic rings. The van der Waals surface area contributed by atoms with Crippen LogP contribution in [-0.2, 0) is 11.4 Å². The summed E-state index contributed by atoms with van der Waals surface area (Å²) >= 11 is 0. The number of hydrogen-bond acceptors (Lipinski definition) is 3. The number of benzene rings is 2. The first-order chi connectivity index (χ1) is 9.70. The fraction of sp³-hybridized carbons (Fsp3) is 0.188. The first-order valence-corrected chi connectivity index (χ1v) is 6.50. The molecule has 4 N–H and O–H groups in total. The van der Waals surface area contributed by atoms with E-state index in [9.17, 15) is 9.90 Å². The molecule has 0 heterocycles. The number of amides is 1. The van der Waals surface area contributed by atoms with Crippen LogP contribution >= 0.6 is 0 Å². The molecule has 104 valence electrons. The first-order valence-electron chi connectivity index (χ1n) is 6.50. The van der Waals surface area contributed by atoms with Crippen molar-refractivity contribution in [3.05, 3.63) is 65.7 Å². The van der Waals surface area contributed by atoms with Gasteiger partial charge in [-0.15, -0.1) is 0 Å². The molecule has 0 saturated heterocycles.